The SMILES string of the molecule is CC(=O)NCCN(S)S. The van der Waals surface area contributed by atoms with Gasteiger partial charge >= 0.3 is 0 Å². The van der Waals surface area contributed by atoms with Crippen LogP contribution in [0.2, 0.25) is 0 Å². The van der Waals surface area contributed by atoms with Crippen molar-refractivity contribution >= 4 is 31.5 Å². The Morgan fingerprint density at radius 1 is 1.67 bits per heavy atom. The van der Waals surface area contributed by atoms with E-state index in [-0.39, 0.29) is 5.91 Å². The average molecular weight is 166 g/mol. The minimum Gasteiger partial charge on any atom is -0.355 e. The normalized spacial score (nSPS) is 9.78. The number of thiol groups is 2. The molecule has 0 aliphatic carbocycles. The van der Waals surface area contributed by atoms with Gasteiger partial charge in [-0.15, -0.1) is 0 Å². The summed E-state index contributed by atoms with van der Waals surface area (Å²) in [4.78, 5) is 10.2. The highest BCUT2D eigenvalue weighted by Gasteiger charge is 1.91. The van der Waals surface area contributed by atoms with Crippen molar-refractivity contribution in [1.82, 2.24) is 9.03 Å². The van der Waals surface area contributed by atoms with E-state index in [4.69, 9.17) is 0 Å². The number of carbonyl (C=O) groups is 1. The minimum absolute atomic E-state index is 0.0292. The van der Waals surface area contributed by atoms with E-state index in [9.17, 15) is 4.79 Å². The summed E-state index contributed by atoms with van der Waals surface area (Å²) in [7, 11) is 0. The highest BCUT2D eigenvalue weighted by molar-refractivity contribution is 7.93. The summed E-state index contributed by atoms with van der Waals surface area (Å²) >= 11 is 7.69. The third-order valence-electron chi connectivity index (χ3n) is 0.686. The molecule has 0 spiro atoms. The van der Waals surface area contributed by atoms with Gasteiger partial charge in [-0.3, -0.25) is 4.79 Å². The lowest BCUT2D eigenvalue weighted by molar-refractivity contribution is -0.118. The molecule has 0 saturated heterocycles. The Balaban J connectivity index is 3.01. The maximum Gasteiger partial charge on any atom is 0.216 e. The van der Waals surface area contributed by atoms with Crippen molar-refractivity contribution < 1.29 is 4.79 Å². The number of rotatable bonds is 3. The lowest BCUT2D eigenvalue weighted by Crippen LogP contribution is -2.26. The molecule has 0 aromatic carbocycles. The lowest BCUT2D eigenvalue weighted by atomic mass is 10.6. The van der Waals surface area contributed by atoms with Crippen LogP contribution >= 0.6 is 25.6 Å². The van der Waals surface area contributed by atoms with Crippen molar-refractivity contribution in [2.24, 2.45) is 0 Å². The van der Waals surface area contributed by atoms with Crippen molar-refractivity contribution in [2.45, 2.75) is 6.92 Å². The maximum atomic E-state index is 10.2. The molecule has 1 amide bonds. The molecule has 1 N–H and O–H groups in total. The Bertz CT molecular complexity index is 96.6. The maximum absolute atomic E-state index is 10.2. The molecule has 0 aliphatic rings. The molecule has 0 fully saturated rings. The standard InChI is InChI=1S/C4H10N2OS2/c1-4(7)5-2-3-6(8)9/h8-9H,2-3H2,1H3,(H,5,7). The van der Waals surface area contributed by atoms with Gasteiger partial charge in [0.15, 0.2) is 0 Å². The molecule has 0 aromatic rings. The third kappa shape index (κ3) is 8.13. The van der Waals surface area contributed by atoms with Crippen LogP contribution in [0.25, 0.3) is 0 Å². The predicted octanol–water partition coefficient (Wildman–Crippen LogP) is 0.114. The van der Waals surface area contributed by atoms with Crippen molar-refractivity contribution in [3.63, 3.8) is 0 Å². The van der Waals surface area contributed by atoms with Crippen LogP contribution < -0.4 is 5.32 Å². The summed E-state index contributed by atoms with van der Waals surface area (Å²) in [6, 6.07) is 0. The number of amides is 1. The van der Waals surface area contributed by atoms with E-state index in [1.807, 2.05) is 0 Å². The van der Waals surface area contributed by atoms with Gasteiger partial charge in [0.1, 0.15) is 0 Å². The molecule has 5 heteroatoms. The van der Waals surface area contributed by atoms with Gasteiger partial charge in [-0.2, -0.15) is 3.71 Å². The molecule has 0 rings (SSSR count). The molecule has 0 radical (unpaired) electrons. The van der Waals surface area contributed by atoms with E-state index in [1.165, 1.54) is 10.6 Å². The average Bonchev–Trinajstić information content (AvgIpc) is 1.63. The Hall–Kier alpha value is 0.130. The molecule has 54 valence electrons. The highest BCUT2D eigenvalue weighted by atomic mass is 32.2. The highest BCUT2D eigenvalue weighted by Crippen LogP contribution is 1.92. The Kier molecular flexibility index (Phi) is 5.03. The number of nitrogens with zero attached hydrogens (tertiary/aromatic N) is 1. The van der Waals surface area contributed by atoms with Gasteiger partial charge in [0.05, 0.1) is 0 Å². The molecule has 0 aromatic heterocycles. The van der Waals surface area contributed by atoms with Crippen LogP contribution in [0, 0.1) is 0 Å². The fourth-order valence-electron chi connectivity index (χ4n) is 0.332. The second-order valence-corrected chi connectivity index (χ2v) is 2.86. The first-order valence-electron chi connectivity index (χ1n) is 2.52. The first kappa shape index (κ1) is 9.13. The number of hydrogen-bond acceptors (Lipinski definition) is 4. The fraction of sp³-hybridized carbons (Fsp3) is 0.750. The molecule has 9 heavy (non-hydrogen) atoms. The second kappa shape index (κ2) is 4.96. The topological polar surface area (TPSA) is 32.3 Å². The number of nitrogens with one attached hydrogen (secondary N) is 1. The van der Waals surface area contributed by atoms with Gasteiger partial charge < -0.3 is 5.32 Å². The first-order valence-corrected chi connectivity index (χ1v) is 3.32. The summed E-state index contributed by atoms with van der Waals surface area (Å²) in [5, 5.41) is 2.60. The minimum atomic E-state index is -0.0292. The summed E-state index contributed by atoms with van der Waals surface area (Å²) in [5.74, 6) is -0.0292. The van der Waals surface area contributed by atoms with Crippen LogP contribution in [-0.4, -0.2) is 22.7 Å². The molecule has 0 saturated carbocycles. The Labute approximate surface area is 65.9 Å². The van der Waals surface area contributed by atoms with Gasteiger partial charge in [-0.05, 0) is 0 Å². The number of carbonyl (C=O) groups excluding carboxylic acids is 1. The van der Waals surface area contributed by atoms with Crippen LogP contribution in [0.15, 0.2) is 0 Å². The molecule has 0 aliphatic heterocycles. The van der Waals surface area contributed by atoms with Crippen LogP contribution in [0.4, 0.5) is 0 Å². The fourth-order valence-corrected chi connectivity index (χ4v) is 0.532. The zero-order valence-electron chi connectivity index (χ0n) is 5.16. The van der Waals surface area contributed by atoms with Gasteiger partial charge in [0.2, 0.25) is 5.91 Å². The lowest BCUT2D eigenvalue weighted by Gasteiger charge is -2.05. The molecule has 3 nitrogen and oxygen atoms in total. The van der Waals surface area contributed by atoms with E-state index >= 15 is 0 Å². The zero-order valence-corrected chi connectivity index (χ0v) is 6.95. The molecular weight excluding hydrogens is 156 g/mol. The van der Waals surface area contributed by atoms with Crippen LogP contribution in [0.3, 0.4) is 0 Å². The van der Waals surface area contributed by atoms with Crippen molar-refractivity contribution in [1.29, 1.82) is 0 Å². The third-order valence-corrected chi connectivity index (χ3v) is 1.09. The van der Waals surface area contributed by atoms with Gasteiger partial charge in [0, 0.05) is 20.0 Å². The van der Waals surface area contributed by atoms with Crippen LogP contribution in [0.1, 0.15) is 6.92 Å². The van der Waals surface area contributed by atoms with E-state index in [0.717, 1.165) is 0 Å². The van der Waals surface area contributed by atoms with Crippen molar-refractivity contribution in [3.8, 4) is 0 Å². The summed E-state index contributed by atoms with van der Waals surface area (Å²) in [6.45, 7) is 2.69. The molecule has 0 atom stereocenters. The summed E-state index contributed by atoms with van der Waals surface area (Å²) in [6.07, 6.45) is 0. The molecule has 0 unspecified atom stereocenters. The predicted molar refractivity (Wildman–Crippen MR) is 43.4 cm³/mol. The van der Waals surface area contributed by atoms with E-state index in [2.05, 4.69) is 30.9 Å². The van der Waals surface area contributed by atoms with Gasteiger partial charge in [-0.1, -0.05) is 25.6 Å². The smallest absolute Gasteiger partial charge is 0.216 e. The Morgan fingerprint density at radius 3 is 2.56 bits per heavy atom. The van der Waals surface area contributed by atoms with E-state index in [0.29, 0.717) is 13.1 Å². The van der Waals surface area contributed by atoms with Crippen molar-refractivity contribution in [2.75, 3.05) is 13.1 Å². The first-order chi connectivity index (χ1) is 4.13. The monoisotopic (exact) mass is 166 g/mol. The quantitative estimate of drug-likeness (QED) is 0.520. The van der Waals surface area contributed by atoms with Crippen LogP contribution in [-0.2, 0) is 4.79 Å². The van der Waals surface area contributed by atoms with E-state index in [1.54, 1.807) is 0 Å². The molecule has 0 bridgehead atoms. The summed E-state index contributed by atoms with van der Waals surface area (Å²) < 4.78 is 1.41. The molecule has 0 heterocycles. The zero-order chi connectivity index (χ0) is 7.28. The largest absolute Gasteiger partial charge is 0.355 e. The molecular formula is C4H10N2OS2. The van der Waals surface area contributed by atoms with Crippen molar-refractivity contribution in [3.05, 3.63) is 0 Å². The van der Waals surface area contributed by atoms with E-state index < -0.39 is 0 Å². The summed E-state index contributed by atoms with van der Waals surface area (Å²) in [5.41, 5.74) is 0. The van der Waals surface area contributed by atoms with Crippen LogP contribution in [0.5, 0.6) is 0 Å². The Morgan fingerprint density at radius 2 is 2.22 bits per heavy atom. The van der Waals surface area contributed by atoms with Gasteiger partial charge in [-0.25, -0.2) is 0 Å². The second-order valence-electron chi connectivity index (χ2n) is 1.58. The number of hydrogen-bond donors (Lipinski definition) is 3. The van der Waals surface area contributed by atoms with Gasteiger partial charge in [0.25, 0.3) is 0 Å².